The highest BCUT2D eigenvalue weighted by Gasteiger charge is 2.23. The van der Waals surface area contributed by atoms with Crippen molar-refractivity contribution in [3.8, 4) is 0 Å². The fourth-order valence-corrected chi connectivity index (χ4v) is 1.85. The van der Waals surface area contributed by atoms with Crippen LogP contribution in [-0.4, -0.2) is 11.9 Å². The molecular weight excluding hydrogens is 224 g/mol. The number of benzene rings is 1. The SMILES string of the molecule is CC(C)C(N)C(=O)NC(c1ccccc1)C(C)C. The van der Waals surface area contributed by atoms with Crippen LogP contribution in [0.15, 0.2) is 30.3 Å². The zero-order chi connectivity index (χ0) is 13.7. The van der Waals surface area contributed by atoms with Gasteiger partial charge in [0, 0.05) is 0 Å². The maximum absolute atomic E-state index is 12.0. The minimum atomic E-state index is -0.449. The Bertz CT molecular complexity index is 373. The van der Waals surface area contributed by atoms with Crippen molar-refractivity contribution in [2.75, 3.05) is 0 Å². The smallest absolute Gasteiger partial charge is 0.237 e. The van der Waals surface area contributed by atoms with Gasteiger partial charge >= 0.3 is 0 Å². The van der Waals surface area contributed by atoms with Crippen LogP contribution in [0.5, 0.6) is 0 Å². The number of amides is 1. The maximum Gasteiger partial charge on any atom is 0.237 e. The lowest BCUT2D eigenvalue weighted by molar-refractivity contribution is -0.124. The number of nitrogens with one attached hydrogen (secondary N) is 1. The van der Waals surface area contributed by atoms with Crippen LogP contribution in [0.4, 0.5) is 0 Å². The Balaban J connectivity index is 2.80. The predicted molar refractivity (Wildman–Crippen MR) is 75.0 cm³/mol. The Labute approximate surface area is 110 Å². The zero-order valence-corrected chi connectivity index (χ0v) is 11.7. The predicted octanol–water partition coefficient (Wildman–Crippen LogP) is 2.48. The fraction of sp³-hybridized carbons (Fsp3) is 0.533. The van der Waals surface area contributed by atoms with E-state index < -0.39 is 6.04 Å². The molecule has 1 aromatic rings. The molecule has 2 atom stereocenters. The van der Waals surface area contributed by atoms with Crippen molar-refractivity contribution in [3.05, 3.63) is 35.9 Å². The van der Waals surface area contributed by atoms with E-state index in [-0.39, 0.29) is 17.9 Å². The summed E-state index contributed by atoms with van der Waals surface area (Å²) in [7, 11) is 0. The number of nitrogens with two attached hydrogens (primary N) is 1. The molecule has 0 aliphatic carbocycles. The van der Waals surface area contributed by atoms with Gasteiger partial charge in [0.15, 0.2) is 0 Å². The third kappa shape index (κ3) is 3.84. The molecule has 0 saturated carbocycles. The highest BCUT2D eigenvalue weighted by Crippen LogP contribution is 2.21. The second-order valence-electron chi connectivity index (χ2n) is 5.41. The molecule has 1 aromatic carbocycles. The monoisotopic (exact) mass is 248 g/mol. The van der Waals surface area contributed by atoms with Crippen LogP contribution in [0.2, 0.25) is 0 Å². The Morgan fingerprint density at radius 1 is 1.06 bits per heavy atom. The van der Waals surface area contributed by atoms with E-state index in [9.17, 15) is 4.79 Å². The van der Waals surface area contributed by atoms with Crippen LogP contribution in [0.3, 0.4) is 0 Å². The minimum Gasteiger partial charge on any atom is -0.348 e. The van der Waals surface area contributed by atoms with Crippen molar-refractivity contribution >= 4 is 5.91 Å². The van der Waals surface area contributed by atoms with Gasteiger partial charge in [0.05, 0.1) is 12.1 Å². The summed E-state index contributed by atoms with van der Waals surface area (Å²) >= 11 is 0. The maximum atomic E-state index is 12.0. The fourth-order valence-electron chi connectivity index (χ4n) is 1.85. The average molecular weight is 248 g/mol. The first kappa shape index (κ1) is 14.7. The van der Waals surface area contributed by atoms with Crippen molar-refractivity contribution in [2.24, 2.45) is 17.6 Å². The summed E-state index contributed by atoms with van der Waals surface area (Å²) in [6, 6.07) is 9.58. The van der Waals surface area contributed by atoms with Crippen LogP contribution in [-0.2, 0) is 4.79 Å². The first-order valence-corrected chi connectivity index (χ1v) is 6.54. The number of carbonyl (C=O) groups excluding carboxylic acids is 1. The van der Waals surface area contributed by atoms with Crippen LogP contribution in [0.25, 0.3) is 0 Å². The molecule has 0 radical (unpaired) electrons. The normalized spacial score (nSPS) is 14.6. The molecule has 3 nitrogen and oxygen atoms in total. The molecular formula is C15H24N2O. The number of hydrogen-bond acceptors (Lipinski definition) is 2. The summed E-state index contributed by atoms with van der Waals surface area (Å²) < 4.78 is 0. The second-order valence-corrected chi connectivity index (χ2v) is 5.41. The van der Waals surface area contributed by atoms with Gasteiger partial charge in [0.25, 0.3) is 0 Å². The molecule has 3 heteroatoms. The first-order chi connectivity index (χ1) is 8.43. The molecule has 18 heavy (non-hydrogen) atoms. The molecule has 0 fully saturated rings. The molecule has 0 bridgehead atoms. The quantitative estimate of drug-likeness (QED) is 0.841. The Morgan fingerprint density at radius 2 is 1.61 bits per heavy atom. The molecule has 1 rings (SSSR count). The van der Waals surface area contributed by atoms with E-state index in [4.69, 9.17) is 5.73 Å². The summed E-state index contributed by atoms with van der Waals surface area (Å²) in [5.74, 6) is 0.400. The van der Waals surface area contributed by atoms with Gasteiger partial charge < -0.3 is 11.1 Å². The molecule has 0 heterocycles. The summed E-state index contributed by atoms with van der Waals surface area (Å²) in [6.07, 6.45) is 0. The lowest BCUT2D eigenvalue weighted by Gasteiger charge is -2.25. The van der Waals surface area contributed by atoms with Crippen molar-refractivity contribution < 1.29 is 4.79 Å². The molecule has 100 valence electrons. The van der Waals surface area contributed by atoms with Gasteiger partial charge in [0.1, 0.15) is 0 Å². The standard InChI is InChI=1S/C15H24N2O/c1-10(2)13(16)15(18)17-14(11(3)4)12-8-6-5-7-9-12/h5-11,13-14H,16H2,1-4H3,(H,17,18). The van der Waals surface area contributed by atoms with E-state index in [0.29, 0.717) is 5.92 Å². The van der Waals surface area contributed by atoms with E-state index in [1.165, 1.54) is 0 Å². The van der Waals surface area contributed by atoms with E-state index >= 15 is 0 Å². The van der Waals surface area contributed by atoms with Gasteiger partial charge in [-0.1, -0.05) is 58.0 Å². The summed E-state index contributed by atoms with van der Waals surface area (Å²) in [4.78, 5) is 12.0. The average Bonchev–Trinajstić information content (AvgIpc) is 2.35. The van der Waals surface area contributed by atoms with Crippen LogP contribution in [0, 0.1) is 11.8 Å². The minimum absolute atomic E-state index is 0.0171. The molecule has 0 aliphatic rings. The summed E-state index contributed by atoms with van der Waals surface area (Å²) in [5.41, 5.74) is 7.00. The van der Waals surface area contributed by atoms with E-state index in [1.54, 1.807) is 0 Å². The van der Waals surface area contributed by atoms with Crippen molar-refractivity contribution in [1.29, 1.82) is 0 Å². The summed E-state index contributed by atoms with van der Waals surface area (Å²) in [5, 5.41) is 3.05. The zero-order valence-electron chi connectivity index (χ0n) is 11.7. The summed E-state index contributed by atoms with van der Waals surface area (Å²) in [6.45, 7) is 8.10. The third-order valence-electron chi connectivity index (χ3n) is 3.14. The van der Waals surface area contributed by atoms with E-state index in [2.05, 4.69) is 19.2 Å². The van der Waals surface area contributed by atoms with Gasteiger partial charge in [-0.2, -0.15) is 0 Å². The number of hydrogen-bond donors (Lipinski definition) is 2. The highest BCUT2D eigenvalue weighted by molar-refractivity contribution is 5.82. The Hall–Kier alpha value is -1.35. The number of rotatable bonds is 5. The van der Waals surface area contributed by atoms with Crippen LogP contribution < -0.4 is 11.1 Å². The van der Waals surface area contributed by atoms with Gasteiger partial charge in [0.2, 0.25) is 5.91 Å². The van der Waals surface area contributed by atoms with Gasteiger partial charge in [-0.15, -0.1) is 0 Å². The Kier molecular flexibility index (Phi) is 5.35. The Morgan fingerprint density at radius 3 is 2.06 bits per heavy atom. The molecule has 3 N–H and O–H groups in total. The molecule has 0 saturated heterocycles. The van der Waals surface area contributed by atoms with Gasteiger partial charge in [-0.25, -0.2) is 0 Å². The third-order valence-corrected chi connectivity index (χ3v) is 3.14. The molecule has 0 aromatic heterocycles. The van der Waals surface area contributed by atoms with Crippen molar-refractivity contribution in [3.63, 3.8) is 0 Å². The molecule has 1 amide bonds. The molecule has 0 aliphatic heterocycles. The van der Waals surface area contributed by atoms with Gasteiger partial charge in [-0.3, -0.25) is 4.79 Å². The molecule has 0 spiro atoms. The van der Waals surface area contributed by atoms with Gasteiger partial charge in [-0.05, 0) is 17.4 Å². The highest BCUT2D eigenvalue weighted by atomic mass is 16.2. The van der Waals surface area contributed by atoms with Crippen LogP contribution >= 0.6 is 0 Å². The lowest BCUT2D eigenvalue weighted by atomic mass is 9.95. The van der Waals surface area contributed by atoms with E-state index in [0.717, 1.165) is 5.56 Å². The van der Waals surface area contributed by atoms with E-state index in [1.807, 2.05) is 44.2 Å². The van der Waals surface area contributed by atoms with Crippen molar-refractivity contribution in [2.45, 2.75) is 39.8 Å². The lowest BCUT2D eigenvalue weighted by Crippen LogP contribution is -2.46. The topological polar surface area (TPSA) is 55.1 Å². The first-order valence-electron chi connectivity index (χ1n) is 6.54. The van der Waals surface area contributed by atoms with Crippen LogP contribution in [0.1, 0.15) is 39.3 Å². The largest absolute Gasteiger partial charge is 0.348 e. The second kappa shape index (κ2) is 6.55. The molecule has 2 unspecified atom stereocenters. The number of carbonyl (C=O) groups is 1. The van der Waals surface area contributed by atoms with Crippen molar-refractivity contribution in [1.82, 2.24) is 5.32 Å².